The van der Waals surface area contributed by atoms with Gasteiger partial charge in [-0.1, -0.05) is 87.0 Å². The minimum atomic E-state index is -4.54. The number of carboxylic acid groups (broad SMARTS) is 1. The maximum atomic E-state index is 14.3. The Morgan fingerprint density at radius 2 is 1.74 bits per heavy atom. The quantitative estimate of drug-likeness (QED) is 0.317. The van der Waals surface area contributed by atoms with Gasteiger partial charge in [0.05, 0.1) is 5.56 Å². The number of piperidine rings is 1. The van der Waals surface area contributed by atoms with Crippen molar-refractivity contribution in [1.82, 2.24) is 4.90 Å². The summed E-state index contributed by atoms with van der Waals surface area (Å²) < 4.78 is 42.9. The number of hydrogen-bond acceptors (Lipinski definition) is 2. The predicted molar refractivity (Wildman–Crippen MR) is 147 cm³/mol. The van der Waals surface area contributed by atoms with Gasteiger partial charge in [0.2, 0.25) is 0 Å². The Kier molecular flexibility index (Phi) is 8.41. The summed E-state index contributed by atoms with van der Waals surface area (Å²) in [5.74, 6) is -0.935. The zero-order valence-corrected chi connectivity index (χ0v) is 22.1. The molecule has 4 rings (SSSR count). The molecule has 6 heteroatoms. The molecule has 3 aromatic rings. The molecule has 0 unspecified atom stereocenters. The van der Waals surface area contributed by atoms with Crippen LogP contribution in [-0.2, 0) is 17.5 Å². The molecule has 1 atom stereocenters. The monoisotopic (exact) mass is 521 g/mol. The summed E-state index contributed by atoms with van der Waals surface area (Å²) in [7, 11) is 0. The third kappa shape index (κ3) is 6.18. The molecule has 0 aliphatic carbocycles. The lowest BCUT2D eigenvalue weighted by Crippen LogP contribution is -2.44. The lowest BCUT2D eigenvalue weighted by Gasteiger charge is -2.34. The van der Waals surface area contributed by atoms with Crippen LogP contribution in [0, 0.1) is 6.92 Å². The lowest BCUT2D eigenvalue weighted by molar-refractivity contribution is -0.145. The number of benzene rings is 3. The summed E-state index contributed by atoms with van der Waals surface area (Å²) in [4.78, 5) is 13.6. The van der Waals surface area contributed by atoms with Crippen molar-refractivity contribution in [3.63, 3.8) is 0 Å². The van der Waals surface area contributed by atoms with Crippen molar-refractivity contribution >= 4 is 18.1 Å². The summed E-state index contributed by atoms with van der Waals surface area (Å²) in [5.41, 5.74) is 4.71. The van der Waals surface area contributed by atoms with E-state index in [1.807, 2.05) is 69.3 Å². The van der Waals surface area contributed by atoms with Crippen LogP contribution in [0.5, 0.6) is 0 Å². The number of aliphatic carboxylic acids is 1. The minimum absolute atomic E-state index is 0.0179. The van der Waals surface area contributed by atoms with Crippen molar-refractivity contribution in [3.8, 4) is 11.1 Å². The molecule has 0 bridgehead atoms. The van der Waals surface area contributed by atoms with Crippen LogP contribution < -0.4 is 0 Å². The highest BCUT2D eigenvalue weighted by Crippen LogP contribution is 2.37. The van der Waals surface area contributed by atoms with Gasteiger partial charge in [-0.05, 0) is 77.2 Å². The average Bonchev–Trinajstić information content (AvgIpc) is 2.88. The van der Waals surface area contributed by atoms with E-state index in [1.165, 1.54) is 6.07 Å². The fourth-order valence-electron chi connectivity index (χ4n) is 5.36. The first-order chi connectivity index (χ1) is 18.1. The van der Waals surface area contributed by atoms with Crippen molar-refractivity contribution < 1.29 is 23.1 Å². The first-order valence-electron chi connectivity index (χ1n) is 13.1. The molecule has 38 heavy (non-hydrogen) atoms. The molecule has 3 aromatic carbocycles. The number of halogens is 3. The minimum Gasteiger partial charge on any atom is -0.480 e. The Labute approximate surface area is 222 Å². The summed E-state index contributed by atoms with van der Waals surface area (Å²) in [6.45, 7) is 6.65. The standard InChI is InChI=1S/C32H34F3NO2/c1-21(2)28-18-25(16-15-23-12-9-13-27(22(23)3)24-10-5-4-6-11-24)29(32(33,34)35)19-26(28)20-36-17-8-7-14-30(36)31(37)38/h4-6,9-13,15-16,18-19,21,30H,7-8,14,17,20H2,1-3H3,(H,37,38)/b16-15+/t30-/m0/s1. The Morgan fingerprint density at radius 1 is 1.03 bits per heavy atom. The molecule has 1 aliphatic heterocycles. The number of alkyl halides is 3. The van der Waals surface area contributed by atoms with E-state index >= 15 is 0 Å². The van der Waals surface area contributed by atoms with Crippen LogP contribution in [0.25, 0.3) is 23.3 Å². The SMILES string of the molecule is Cc1c(/C=C/c2cc(C(C)C)c(CN3CCCC[C@H]3C(=O)O)cc2C(F)(F)F)cccc1-c1ccccc1. The highest BCUT2D eigenvalue weighted by atomic mass is 19.4. The van der Waals surface area contributed by atoms with Crippen LogP contribution in [0.15, 0.2) is 60.7 Å². The van der Waals surface area contributed by atoms with Gasteiger partial charge in [-0.25, -0.2) is 0 Å². The lowest BCUT2D eigenvalue weighted by atomic mass is 9.89. The van der Waals surface area contributed by atoms with Gasteiger partial charge < -0.3 is 5.11 Å². The summed E-state index contributed by atoms with van der Waals surface area (Å²) in [6, 6.07) is 17.9. The third-order valence-electron chi connectivity index (χ3n) is 7.41. The first-order valence-corrected chi connectivity index (χ1v) is 13.1. The fourth-order valence-corrected chi connectivity index (χ4v) is 5.36. The van der Waals surface area contributed by atoms with E-state index in [1.54, 1.807) is 23.1 Å². The molecule has 0 aromatic heterocycles. The molecule has 1 aliphatic rings. The van der Waals surface area contributed by atoms with Crippen LogP contribution >= 0.6 is 0 Å². The van der Waals surface area contributed by atoms with E-state index in [4.69, 9.17) is 0 Å². The van der Waals surface area contributed by atoms with Gasteiger partial charge in [0.15, 0.2) is 0 Å². The molecule has 0 spiro atoms. The van der Waals surface area contributed by atoms with Gasteiger partial charge in [0, 0.05) is 6.54 Å². The van der Waals surface area contributed by atoms with Gasteiger partial charge in [0.1, 0.15) is 6.04 Å². The second-order valence-corrected chi connectivity index (χ2v) is 10.3. The third-order valence-corrected chi connectivity index (χ3v) is 7.41. The molecule has 0 saturated carbocycles. The van der Waals surface area contributed by atoms with Crippen LogP contribution in [0.1, 0.15) is 72.4 Å². The maximum absolute atomic E-state index is 14.3. The van der Waals surface area contributed by atoms with Gasteiger partial charge in [0.25, 0.3) is 0 Å². The number of carbonyl (C=O) groups is 1. The predicted octanol–water partition coefficient (Wildman–Crippen LogP) is 8.41. The van der Waals surface area contributed by atoms with E-state index < -0.39 is 23.8 Å². The molecule has 200 valence electrons. The van der Waals surface area contributed by atoms with E-state index in [-0.39, 0.29) is 18.0 Å². The van der Waals surface area contributed by atoms with Crippen LogP contribution in [0.4, 0.5) is 13.2 Å². The van der Waals surface area contributed by atoms with Crippen molar-refractivity contribution in [3.05, 3.63) is 94.0 Å². The summed E-state index contributed by atoms with van der Waals surface area (Å²) in [6.07, 6.45) is 0.930. The van der Waals surface area contributed by atoms with Crippen molar-refractivity contribution in [2.24, 2.45) is 0 Å². The molecule has 0 amide bonds. The van der Waals surface area contributed by atoms with Gasteiger partial charge >= 0.3 is 12.1 Å². The molecular weight excluding hydrogens is 487 g/mol. The Balaban J connectivity index is 1.74. The second kappa shape index (κ2) is 11.6. The number of rotatable bonds is 7. The maximum Gasteiger partial charge on any atom is 0.416 e. The van der Waals surface area contributed by atoms with Crippen molar-refractivity contribution in [1.29, 1.82) is 0 Å². The molecule has 1 fully saturated rings. The number of likely N-dealkylation sites (tertiary alicyclic amines) is 1. The summed E-state index contributed by atoms with van der Waals surface area (Å²) >= 11 is 0. The van der Waals surface area contributed by atoms with E-state index in [2.05, 4.69) is 0 Å². The van der Waals surface area contributed by atoms with Crippen molar-refractivity contribution in [2.75, 3.05) is 6.54 Å². The normalized spacial score (nSPS) is 16.9. The smallest absolute Gasteiger partial charge is 0.416 e. The van der Waals surface area contributed by atoms with E-state index in [9.17, 15) is 23.1 Å². The van der Waals surface area contributed by atoms with Crippen LogP contribution in [0.3, 0.4) is 0 Å². The zero-order chi connectivity index (χ0) is 27.4. The molecular formula is C32H34F3NO2. The zero-order valence-electron chi connectivity index (χ0n) is 22.1. The number of nitrogens with zero attached hydrogens (tertiary/aromatic N) is 1. The van der Waals surface area contributed by atoms with Gasteiger partial charge in [-0.2, -0.15) is 13.2 Å². The van der Waals surface area contributed by atoms with Crippen molar-refractivity contribution in [2.45, 2.75) is 64.7 Å². The first kappa shape index (κ1) is 27.6. The topological polar surface area (TPSA) is 40.5 Å². The number of hydrogen-bond donors (Lipinski definition) is 1. The van der Waals surface area contributed by atoms with Gasteiger partial charge in [-0.3, -0.25) is 9.69 Å². The number of carboxylic acids is 1. The molecule has 1 N–H and O–H groups in total. The fraction of sp³-hybridized carbons (Fsp3) is 0.344. The van der Waals surface area contributed by atoms with Crippen LogP contribution in [0.2, 0.25) is 0 Å². The Morgan fingerprint density at radius 3 is 2.39 bits per heavy atom. The highest BCUT2D eigenvalue weighted by Gasteiger charge is 2.35. The molecule has 1 saturated heterocycles. The van der Waals surface area contributed by atoms with Crippen LogP contribution in [-0.4, -0.2) is 28.6 Å². The van der Waals surface area contributed by atoms with Gasteiger partial charge in [-0.15, -0.1) is 0 Å². The summed E-state index contributed by atoms with van der Waals surface area (Å²) in [5, 5.41) is 9.66. The second-order valence-electron chi connectivity index (χ2n) is 10.3. The average molecular weight is 522 g/mol. The molecule has 3 nitrogen and oxygen atoms in total. The van der Waals surface area contributed by atoms with E-state index in [0.29, 0.717) is 18.5 Å². The highest BCUT2D eigenvalue weighted by molar-refractivity contribution is 5.78. The molecule has 1 heterocycles. The van der Waals surface area contributed by atoms with E-state index in [0.717, 1.165) is 40.7 Å². The Hall–Kier alpha value is -3.38. The largest absolute Gasteiger partial charge is 0.480 e. The Bertz CT molecular complexity index is 1310. The molecule has 0 radical (unpaired) electrons.